The number of hydrogen-bond acceptors (Lipinski definition) is 6. The molecule has 2 rings (SSSR count). The SMILES string of the molecule is C=C(C)C.C=CC(=O)N(C)c1ccccc1N/C(C)=C(\Cl)C=C.Cc1cc(C(=O)NOCCO)ccc1C#N. The van der Waals surface area contributed by atoms with Crippen molar-refractivity contribution in [2.45, 2.75) is 27.7 Å². The predicted molar refractivity (Wildman–Crippen MR) is 159 cm³/mol. The van der Waals surface area contributed by atoms with E-state index in [2.05, 4.69) is 35.4 Å². The minimum atomic E-state index is -0.402. The van der Waals surface area contributed by atoms with E-state index in [1.54, 1.807) is 38.2 Å². The van der Waals surface area contributed by atoms with Gasteiger partial charge >= 0.3 is 0 Å². The zero-order chi connectivity index (χ0) is 30.0. The molecule has 0 heterocycles. The summed E-state index contributed by atoms with van der Waals surface area (Å²) in [4.78, 5) is 29.3. The van der Waals surface area contributed by atoms with Gasteiger partial charge in [-0.2, -0.15) is 5.26 Å². The van der Waals surface area contributed by atoms with Gasteiger partial charge in [0.1, 0.15) is 0 Å². The number of nitrogens with zero attached hydrogens (tertiary/aromatic N) is 2. The van der Waals surface area contributed by atoms with Gasteiger partial charge in [0.15, 0.2) is 0 Å². The third-order valence-electron chi connectivity index (χ3n) is 4.60. The molecule has 0 saturated heterocycles. The summed E-state index contributed by atoms with van der Waals surface area (Å²) in [5.41, 5.74) is 7.34. The van der Waals surface area contributed by atoms with E-state index in [1.807, 2.05) is 51.1 Å². The average molecular weight is 553 g/mol. The molecule has 208 valence electrons. The Kier molecular flexibility index (Phi) is 17.0. The molecular weight excluding hydrogens is 516 g/mol. The lowest BCUT2D eigenvalue weighted by atomic mass is 10.1. The van der Waals surface area contributed by atoms with Crippen molar-refractivity contribution in [3.8, 4) is 6.07 Å². The largest absolute Gasteiger partial charge is 0.394 e. The van der Waals surface area contributed by atoms with E-state index in [9.17, 15) is 9.59 Å². The molecule has 9 heteroatoms. The first kappa shape index (κ1) is 34.8. The maximum Gasteiger partial charge on any atom is 0.274 e. The number of carbonyl (C=O) groups is 2. The van der Waals surface area contributed by atoms with Crippen LogP contribution in [0.2, 0.25) is 0 Å². The second kappa shape index (κ2) is 19.0. The topological polar surface area (TPSA) is 115 Å². The molecule has 2 aromatic rings. The molecule has 3 N–H and O–H groups in total. The highest BCUT2D eigenvalue weighted by molar-refractivity contribution is 6.31. The first-order valence-corrected chi connectivity index (χ1v) is 12.2. The summed E-state index contributed by atoms with van der Waals surface area (Å²) in [5.74, 6) is -0.577. The third-order valence-corrected chi connectivity index (χ3v) is 5.04. The first-order chi connectivity index (χ1) is 18.4. The molecule has 0 radical (unpaired) electrons. The number of allylic oxidation sites excluding steroid dienone is 4. The normalized spacial score (nSPS) is 10.1. The number of halogens is 1. The molecule has 0 aliphatic carbocycles. The van der Waals surface area contributed by atoms with Crippen molar-refractivity contribution in [3.63, 3.8) is 0 Å². The molecule has 0 unspecified atom stereocenters. The minimum Gasteiger partial charge on any atom is -0.394 e. The number of hydroxylamine groups is 1. The maximum atomic E-state index is 11.7. The Morgan fingerprint density at radius 2 is 1.77 bits per heavy atom. The molecule has 0 fully saturated rings. The van der Waals surface area contributed by atoms with Gasteiger partial charge in [0, 0.05) is 18.3 Å². The molecule has 0 saturated carbocycles. The van der Waals surface area contributed by atoms with Crippen molar-refractivity contribution < 1.29 is 19.5 Å². The lowest BCUT2D eigenvalue weighted by Gasteiger charge is -2.20. The van der Waals surface area contributed by atoms with E-state index >= 15 is 0 Å². The minimum absolute atomic E-state index is 0.0427. The molecule has 8 nitrogen and oxygen atoms in total. The first-order valence-electron chi connectivity index (χ1n) is 11.8. The van der Waals surface area contributed by atoms with Crippen LogP contribution in [0.1, 0.15) is 42.3 Å². The lowest BCUT2D eigenvalue weighted by molar-refractivity contribution is -0.113. The summed E-state index contributed by atoms with van der Waals surface area (Å²) in [7, 11) is 1.69. The molecule has 0 bridgehead atoms. The highest BCUT2D eigenvalue weighted by Crippen LogP contribution is 2.27. The van der Waals surface area contributed by atoms with Gasteiger partial charge in [0.05, 0.1) is 41.3 Å². The van der Waals surface area contributed by atoms with Gasteiger partial charge in [0.2, 0.25) is 5.91 Å². The number of benzene rings is 2. The van der Waals surface area contributed by atoms with E-state index in [0.29, 0.717) is 16.2 Å². The molecule has 0 spiro atoms. The van der Waals surface area contributed by atoms with Crippen LogP contribution < -0.4 is 15.7 Å². The Morgan fingerprint density at radius 1 is 1.15 bits per heavy atom. The van der Waals surface area contributed by atoms with Crippen LogP contribution in [0.4, 0.5) is 11.4 Å². The number of anilines is 2. The number of rotatable bonds is 9. The van der Waals surface area contributed by atoms with Crippen molar-refractivity contribution in [3.05, 3.63) is 107 Å². The number of amides is 2. The van der Waals surface area contributed by atoms with E-state index < -0.39 is 5.91 Å². The van der Waals surface area contributed by atoms with E-state index in [-0.39, 0.29) is 19.1 Å². The summed E-state index contributed by atoms with van der Waals surface area (Å²) in [5, 5.41) is 20.9. The Hall–Kier alpha value is -4.16. The number of nitriles is 1. The fourth-order valence-electron chi connectivity index (χ4n) is 2.69. The number of nitrogens with one attached hydrogen (secondary N) is 2. The molecule has 0 aromatic heterocycles. The van der Waals surface area contributed by atoms with E-state index in [1.165, 1.54) is 16.5 Å². The fourth-order valence-corrected chi connectivity index (χ4v) is 2.74. The van der Waals surface area contributed by atoms with Gasteiger partial charge in [-0.05, 0) is 75.7 Å². The predicted octanol–water partition coefficient (Wildman–Crippen LogP) is 6.01. The summed E-state index contributed by atoms with van der Waals surface area (Å²) >= 11 is 5.99. The number of aliphatic hydroxyl groups excluding tert-OH is 1. The molecule has 0 atom stereocenters. The van der Waals surface area contributed by atoms with Gasteiger partial charge in [-0.25, -0.2) is 5.48 Å². The summed E-state index contributed by atoms with van der Waals surface area (Å²) in [6.07, 6.45) is 2.83. The van der Waals surface area contributed by atoms with Crippen LogP contribution in [-0.2, 0) is 9.63 Å². The monoisotopic (exact) mass is 552 g/mol. The summed E-state index contributed by atoms with van der Waals surface area (Å²) in [6, 6.07) is 14.2. The van der Waals surface area contributed by atoms with Gasteiger partial charge in [-0.15, -0.1) is 6.58 Å². The van der Waals surface area contributed by atoms with Crippen LogP contribution in [0.3, 0.4) is 0 Å². The Morgan fingerprint density at radius 3 is 2.28 bits per heavy atom. The van der Waals surface area contributed by atoms with Crippen molar-refractivity contribution >= 4 is 34.8 Å². The summed E-state index contributed by atoms with van der Waals surface area (Å²) < 4.78 is 0. The number of likely N-dealkylation sites (N-methyl/N-ethyl adjacent to an activating group) is 1. The van der Waals surface area contributed by atoms with E-state index in [4.69, 9.17) is 22.0 Å². The highest BCUT2D eigenvalue weighted by atomic mass is 35.5. The second-order valence-electron chi connectivity index (χ2n) is 8.27. The number of para-hydroxylation sites is 2. The zero-order valence-corrected chi connectivity index (χ0v) is 23.9. The molecule has 0 aliphatic heterocycles. The van der Waals surface area contributed by atoms with Crippen LogP contribution in [0.25, 0.3) is 0 Å². The van der Waals surface area contributed by atoms with Crippen LogP contribution in [-0.4, -0.2) is 37.2 Å². The van der Waals surface area contributed by atoms with Crippen molar-refractivity contribution in [1.82, 2.24) is 5.48 Å². The quantitative estimate of drug-likeness (QED) is 0.115. The highest BCUT2D eigenvalue weighted by Gasteiger charge is 2.12. The third kappa shape index (κ3) is 13.3. The molecular formula is C30H37ClN4O4. The molecule has 2 amide bonds. The van der Waals surface area contributed by atoms with Crippen LogP contribution in [0.5, 0.6) is 0 Å². The van der Waals surface area contributed by atoms with Crippen molar-refractivity contribution in [2.24, 2.45) is 0 Å². The number of aryl methyl sites for hydroxylation is 1. The number of hydrogen-bond donors (Lipinski definition) is 3. The van der Waals surface area contributed by atoms with Crippen molar-refractivity contribution in [2.75, 3.05) is 30.5 Å². The summed E-state index contributed by atoms with van der Waals surface area (Å²) in [6.45, 7) is 18.1. The maximum absolute atomic E-state index is 11.7. The lowest BCUT2D eigenvalue weighted by Crippen LogP contribution is -2.25. The van der Waals surface area contributed by atoms with Crippen molar-refractivity contribution in [1.29, 1.82) is 5.26 Å². The average Bonchev–Trinajstić information content (AvgIpc) is 2.92. The molecule has 39 heavy (non-hydrogen) atoms. The standard InChI is InChI=1S/C15H17ClN2O.C11H12N2O3.C4H8/c1-5-12(16)11(3)17-13-9-7-8-10-14(13)18(4)15(19)6-2;1-8-6-9(2-3-10(8)7-12)11(15)13-16-5-4-14;1-4(2)3/h5-10,17H,1-2H2,3-4H3;2-3,6,14H,4-5H2,1H3,(H,13,15);1H2,2-3H3/b12-11-;;. The van der Waals surface area contributed by atoms with Crippen LogP contribution >= 0.6 is 11.6 Å². The fraction of sp³-hybridized carbons (Fsp3) is 0.233. The Balaban J connectivity index is 0.000000658. The number of carbonyl (C=O) groups excluding carboxylic acids is 2. The van der Waals surface area contributed by atoms with Gasteiger partial charge < -0.3 is 15.3 Å². The Labute approximate surface area is 236 Å². The molecule has 0 aliphatic rings. The smallest absolute Gasteiger partial charge is 0.274 e. The van der Waals surface area contributed by atoms with Crippen LogP contribution in [0, 0.1) is 18.3 Å². The number of aliphatic hydroxyl groups is 1. The molecule has 2 aromatic carbocycles. The van der Waals surface area contributed by atoms with Gasteiger partial charge in [-0.1, -0.05) is 42.5 Å². The van der Waals surface area contributed by atoms with Crippen LogP contribution in [0.15, 0.2) is 90.7 Å². The van der Waals surface area contributed by atoms with E-state index in [0.717, 1.165) is 22.6 Å². The second-order valence-corrected chi connectivity index (χ2v) is 8.68. The van der Waals surface area contributed by atoms with Gasteiger partial charge in [-0.3, -0.25) is 14.4 Å². The van der Waals surface area contributed by atoms with Gasteiger partial charge in [0.25, 0.3) is 5.91 Å². The Bertz CT molecular complexity index is 1230. The zero-order valence-electron chi connectivity index (χ0n) is 23.2.